The summed E-state index contributed by atoms with van der Waals surface area (Å²) in [5.41, 5.74) is 2.68. The Hall–Kier alpha value is -3.68. The number of nitrogens with one attached hydrogen (secondary N) is 1. The third-order valence-corrected chi connectivity index (χ3v) is 5.57. The Labute approximate surface area is 180 Å². The Morgan fingerprint density at radius 3 is 2.29 bits per heavy atom. The van der Waals surface area contributed by atoms with Crippen LogP contribution in [0.25, 0.3) is 10.9 Å². The molecule has 0 unspecified atom stereocenters. The molecule has 1 aliphatic heterocycles. The topological polar surface area (TPSA) is 82.0 Å². The summed E-state index contributed by atoms with van der Waals surface area (Å²) in [5, 5.41) is 3.71. The van der Waals surface area contributed by atoms with Gasteiger partial charge in [0.25, 0.3) is 5.91 Å². The first-order valence-corrected chi connectivity index (χ1v) is 9.98. The first-order chi connectivity index (χ1) is 15.0. The molecule has 0 saturated carbocycles. The van der Waals surface area contributed by atoms with E-state index in [0.29, 0.717) is 35.1 Å². The summed E-state index contributed by atoms with van der Waals surface area (Å²) in [7, 11) is 6.45. The van der Waals surface area contributed by atoms with Crippen LogP contribution < -0.4 is 24.4 Å². The van der Waals surface area contributed by atoms with Crippen LogP contribution >= 0.6 is 0 Å². The van der Waals surface area contributed by atoms with E-state index in [1.165, 1.54) is 0 Å². The van der Waals surface area contributed by atoms with Gasteiger partial charge in [-0.25, -0.2) is 0 Å². The highest BCUT2D eigenvalue weighted by molar-refractivity contribution is 6.08. The largest absolute Gasteiger partial charge is 0.493 e. The van der Waals surface area contributed by atoms with Crippen LogP contribution in [0.3, 0.4) is 0 Å². The smallest absolute Gasteiger partial charge is 0.272 e. The fourth-order valence-electron chi connectivity index (χ4n) is 4.04. The van der Waals surface area contributed by atoms with E-state index < -0.39 is 0 Å². The first kappa shape index (κ1) is 20.6. The number of carbonyl (C=O) groups is 2. The van der Waals surface area contributed by atoms with Gasteiger partial charge in [-0.1, -0.05) is 0 Å². The summed E-state index contributed by atoms with van der Waals surface area (Å²) in [6, 6.07) is 10.9. The molecule has 31 heavy (non-hydrogen) atoms. The maximum Gasteiger partial charge on any atom is 0.272 e. The van der Waals surface area contributed by atoms with Crippen LogP contribution in [-0.4, -0.2) is 44.3 Å². The third-order valence-electron chi connectivity index (χ3n) is 5.57. The number of aromatic nitrogens is 1. The van der Waals surface area contributed by atoms with Gasteiger partial charge in [-0.2, -0.15) is 0 Å². The summed E-state index contributed by atoms with van der Waals surface area (Å²) >= 11 is 0. The fraction of sp³-hybridized carbons (Fsp3) is 0.304. The van der Waals surface area contributed by atoms with Gasteiger partial charge in [-0.15, -0.1) is 0 Å². The van der Waals surface area contributed by atoms with E-state index in [9.17, 15) is 9.59 Å². The Kier molecular flexibility index (Phi) is 5.46. The number of rotatable bonds is 6. The molecule has 1 N–H and O–H groups in total. The van der Waals surface area contributed by atoms with Crippen LogP contribution in [0.4, 0.5) is 11.4 Å². The lowest BCUT2D eigenvalue weighted by Gasteiger charge is -2.16. The van der Waals surface area contributed by atoms with Crippen molar-refractivity contribution in [2.45, 2.75) is 12.8 Å². The minimum atomic E-state index is -0.260. The predicted molar refractivity (Wildman–Crippen MR) is 119 cm³/mol. The maximum absolute atomic E-state index is 13.0. The van der Waals surface area contributed by atoms with Gasteiger partial charge in [-0.3, -0.25) is 9.59 Å². The Morgan fingerprint density at radius 1 is 1.00 bits per heavy atom. The molecule has 8 nitrogen and oxygen atoms in total. The van der Waals surface area contributed by atoms with Crippen LogP contribution in [0, 0.1) is 0 Å². The minimum absolute atomic E-state index is 0.132. The highest BCUT2D eigenvalue weighted by Gasteiger charge is 2.23. The van der Waals surface area contributed by atoms with Gasteiger partial charge in [0.1, 0.15) is 5.69 Å². The molecule has 3 aromatic rings. The van der Waals surface area contributed by atoms with Crippen molar-refractivity contribution < 1.29 is 23.8 Å². The summed E-state index contributed by atoms with van der Waals surface area (Å²) < 4.78 is 18.2. The Balaban J connectivity index is 1.63. The molecule has 1 aliphatic rings. The van der Waals surface area contributed by atoms with Gasteiger partial charge in [0.2, 0.25) is 11.7 Å². The lowest BCUT2D eigenvalue weighted by molar-refractivity contribution is -0.117. The molecular formula is C23H25N3O5. The molecule has 1 aromatic heterocycles. The van der Waals surface area contributed by atoms with Crippen LogP contribution in [0.15, 0.2) is 36.4 Å². The lowest BCUT2D eigenvalue weighted by Crippen LogP contribution is -2.23. The number of hydrogen-bond donors (Lipinski definition) is 1. The molecule has 0 atom stereocenters. The van der Waals surface area contributed by atoms with Crippen LogP contribution in [0.1, 0.15) is 23.3 Å². The van der Waals surface area contributed by atoms with Gasteiger partial charge in [0.15, 0.2) is 11.5 Å². The molecule has 8 heteroatoms. The van der Waals surface area contributed by atoms with Crippen molar-refractivity contribution in [1.82, 2.24) is 4.57 Å². The number of aryl methyl sites for hydroxylation is 1. The third kappa shape index (κ3) is 3.54. The fourth-order valence-corrected chi connectivity index (χ4v) is 4.04. The predicted octanol–water partition coefficient (Wildman–Crippen LogP) is 3.58. The summed E-state index contributed by atoms with van der Waals surface area (Å²) in [6.07, 6.45) is 1.45. The normalized spacial score (nSPS) is 13.5. The SMILES string of the molecule is COc1cc2cc(C(=O)Nc3ccc(N4CCCC4=O)cc3)n(C)c2c(OC)c1OC. The molecule has 0 bridgehead atoms. The van der Waals surface area contributed by atoms with E-state index in [-0.39, 0.29) is 11.8 Å². The molecule has 0 aliphatic carbocycles. The molecule has 0 spiro atoms. The van der Waals surface area contributed by atoms with Gasteiger partial charge < -0.3 is 29.0 Å². The number of methoxy groups -OCH3 is 3. The van der Waals surface area contributed by atoms with Crippen LogP contribution in [-0.2, 0) is 11.8 Å². The van der Waals surface area contributed by atoms with Crippen molar-refractivity contribution in [3.05, 3.63) is 42.1 Å². The van der Waals surface area contributed by atoms with E-state index in [1.54, 1.807) is 56.0 Å². The molecule has 4 rings (SSSR count). The number of benzene rings is 2. The Bertz CT molecular complexity index is 1150. The zero-order valence-corrected chi connectivity index (χ0v) is 18.0. The minimum Gasteiger partial charge on any atom is -0.493 e. The van der Waals surface area contributed by atoms with E-state index in [1.807, 2.05) is 18.2 Å². The highest BCUT2D eigenvalue weighted by Crippen LogP contribution is 2.44. The van der Waals surface area contributed by atoms with Crippen molar-refractivity contribution in [3.63, 3.8) is 0 Å². The summed E-state index contributed by atoms with van der Waals surface area (Å²) in [5.74, 6) is 1.36. The first-order valence-electron chi connectivity index (χ1n) is 9.98. The van der Waals surface area contributed by atoms with E-state index in [2.05, 4.69) is 5.32 Å². The molecular weight excluding hydrogens is 398 g/mol. The van der Waals surface area contributed by atoms with Gasteiger partial charge in [-0.05, 0) is 42.8 Å². The van der Waals surface area contributed by atoms with E-state index in [4.69, 9.17) is 14.2 Å². The lowest BCUT2D eigenvalue weighted by atomic mass is 10.2. The van der Waals surface area contributed by atoms with Crippen molar-refractivity contribution in [1.29, 1.82) is 0 Å². The van der Waals surface area contributed by atoms with Crippen LogP contribution in [0.2, 0.25) is 0 Å². The van der Waals surface area contributed by atoms with Gasteiger partial charge >= 0.3 is 0 Å². The summed E-state index contributed by atoms with van der Waals surface area (Å²) in [4.78, 5) is 26.7. The van der Waals surface area contributed by atoms with Crippen molar-refractivity contribution >= 4 is 34.1 Å². The zero-order chi connectivity index (χ0) is 22.1. The van der Waals surface area contributed by atoms with E-state index >= 15 is 0 Å². The number of ether oxygens (including phenoxy) is 3. The van der Waals surface area contributed by atoms with Gasteiger partial charge in [0.05, 0.1) is 26.8 Å². The van der Waals surface area contributed by atoms with Crippen molar-refractivity contribution in [3.8, 4) is 17.2 Å². The molecule has 2 amide bonds. The molecule has 1 saturated heterocycles. The number of nitrogens with zero attached hydrogens (tertiary/aromatic N) is 2. The van der Waals surface area contributed by atoms with Crippen molar-refractivity contribution in [2.75, 3.05) is 38.1 Å². The van der Waals surface area contributed by atoms with E-state index in [0.717, 1.165) is 29.6 Å². The summed E-state index contributed by atoms with van der Waals surface area (Å²) in [6.45, 7) is 0.731. The second-order valence-corrected chi connectivity index (χ2v) is 7.32. The zero-order valence-electron chi connectivity index (χ0n) is 18.0. The number of carbonyl (C=O) groups excluding carboxylic acids is 2. The van der Waals surface area contributed by atoms with Gasteiger partial charge in [0, 0.05) is 36.8 Å². The average molecular weight is 423 g/mol. The number of fused-ring (bicyclic) bond motifs is 1. The second kappa shape index (κ2) is 8.22. The number of amides is 2. The quantitative estimate of drug-likeness (QED) is 0.655. The molecule has 2 heterocycles. The molecule has 0 radical (unpaired) electrons. The maximum atomic E-state index is 13.0. The standard InChI is InChI=1S/C23H25N3O5/c1-25-17(12-14-13-18(29-2)21(30-3)22(31-4)20(14)25)23(28)24-15-7-9-16(10-8-15)26-11-5-6-19(26)27/h7-10,12-13H,5-6,11H2,1-4H3,(H,24,28). The number of hydrogen-bond acceptors (Lipinski definition) is 5. The van der Waals surface area contributed by atoms with Crippen molar-refractivity contribution in [2.24, 2.45) is 7.05 Å². The highest BCUT2D eigenvalue weighted by atomic mass is 16.5. The molecule has 162 valence electrons. The Morgan fingerprint density at radius 2 is 1.71 bits per heavy atom. The average Bonchev–Trinajstić information content (AvgIpc) is 3.35. The molecule has 2 aromatic carbocycles. The molecule has 1 fully saturated rings. The van der Waals surface area contributed by atoms with Crippen LogP contribution in [0.5, 0.6) is 17.2 Å². The second-order valence-electron chi connectivity index (χ2n) is 7.32. The monoisotopic (exact) mass is 423 g/mol. The number of anilines is 2.